The van der Waals surface area contributed by atoms with Crippen molar-refractivity contribution in [2.75, 3.05) is 7.11 Å². The number of carbonyl (C=O) groups excluding carboxylic acids is 1. The van der Waals surface area contributed by atoms with E-state index in [1.54, 1.807) is 0 Å². The van der Waals surface area contributed by atoms with Crippen molar-refractivity contribution < 1.29 is 13.9 Å². The average molecular weight is 267 g/mol. The van der Waals surface area contributed by atoms with Gasteiger partial charge < -0.3 is 4.74 Å². The standard InChI is InChI=1S/C8H5BrClFO2/c1-13-8(12)5-2-4(11)3-6(9)7(5)10/h2-3H,1H3. The summed E-state index contributed by atoms with van der Waals surface area (Å²) in [5.74, 6) is -1.21. The molecule has 0 N–H and O–H groups in total. The Hall–Kier alpha value is -0.610. The summed E-state index contributed by atoms with van der Waals surface area (Å²) in [5.41, 5.74) is 0.0102. The van der Waals surface area contributed by atoms with Gasteiger partial charge in [0.1, 0.15) is 5.82 Å². The third-order valence-electron chi connectivity index (χ3n) is 1.40. The van der Waals surface area contributed by atoms with Crippen LogP contribution in [-0.4, -0.2) is 13.1 Å². The van der Waals surface area contributed by atoms with Crippen LogP contribution >= 0.6 is 27.5 Å². The van der Waals surface area contributed by atoms with Crippen molar-refractivity contribution in [2.24, 2.45) is 0 Å². The molecule has 1 aromatic rings. The summed E-state index contributed by atoms with van der Waals surface area (Å²) in [6.07, 6.45) is 0. The zero-order chi connectivity index (χ0) is 10.0. The lowest BCUT2D eigenvalue weighted by Crippen LogP contribution is -2.03. The molecule has 0 spiro atoms. The van der Waals surface area contributed by atoms with E-state index in [4.69, 9.17) is 11.6 Å². The number of rotatable bonds is 1. The van der Waals surface area contributed by atoms with Crippen molar-refractivity contribution >= 4 is 33.5 Å². The minimum atomic E-state index is -0.662. The van der Waals surface area contributed by atoms with E-state index < -0.39 is 11.8 Å². The van der Waals surface area contributed by atoms with Gasteiger partial charge in [-0.05, 0) is 28.1 Å². The lowest BCUT2D eigenvalue weighted by molar-refractivity contribution is 0.0600. The number of hydrogen-bond acceptors (Lipinski definition) is 2. The highest BCUT2D eigenvalue weighted by atomic mass is 79.9. The van der Waals surface area contributed by atoms with Crippen molar-refractivity contribution in [1.82, 2.24) is 0 Å². The molecule has 0 radical (unpaired) electrons. The van der Waals surface area contributed by atoms with E-state index in [-0.39, 0.29) is 10.6 Å². The predicted octanol–water partition coefficient (Wildman–Crippen LogP) is 3.03. The monoisotopic (exact) mass is 266 g/mol. The van der Waals surface area contributed by atoms with Crippen molar-refractivity contribution in [3.05, 3.63) is 33.0 Å². The van der Waals surface area contributed by atoms with Crippen LogP contribution < -0.4 is 0 Å². The number of carbonyl (C=O) groups is 1. The molecule has 0 heterocycles. The molecule has 1 aromatic carbocycles. The van der Waals surface area contributed by atoms with Crippen molar-refractivity contribution in [3.63, 3.8) is 0 Å². The third kappa shape index (κ3) is 2.19. The zero-order valence-electron chi connectivity index (χ0n) is 6.61. The summed E-state index contributed by atoms with van der Waals surface area (Å²) in [6, 6.07) is 2.20. The Bertz CT molecular complexity index is 354. The molecule has 0 bridgehead atoms. The van der Waals surface area contributed by atoms with Gasteiger partial charge in [-0.1, -0.05) is 11.6 Å². The maximum absolute atomic E-state index is 12.8. The summed E-state index contributed by atoms with van der Waals surface area (Å²) in [7, 11) is 1.21. The molecule has 0 aliphatic rings. The quantitative estimate of drug-likeness (QED) is 0.577. The molecule has 0 atom stereocenters. The Morgan fingerprint density at radius 3 is 2.77 bits per heavy atom. The molecule has 2 nitrogen and oxygen atoms in total. The van der Waals surface area contributed by atoms with Crippen LogP contribution in [0.15, 0.2) is 16.6 Å². The average Bonchev–Trinajstić information content (AvgIpc) is 2.10. The highest BCUT2D eigenvalue weighted by molar-refractivity contribution is 9.10. The van der Waals surface area contributed by atoms with Crippen LogP contribution in [0.1, 0.15) is 10.4 Å². The number of ether oxygens (including phenoxy) is 1. The van der Waals surface area contributed by atoms with Gasteiger partial charge in [0, 0.05) is 4.47 Å². The Morgan fingerprint density at radius 2 is 2.23 bits per heavy atom. The third-order valence-corrected chi connectivity index (χ3v) is 2.66. The number of halogens is 3. The normalized spacial score (nSPS) is 9.85. The van der Waals surface area contributed by atoms with Gasteiger partial charge in [0.15, 0.2) is 0 Å². The molecule has 13 heavy (non-hydrogen) atoms. The van der Waals surface area contributed by atoms with E-state index in [1.165, 1.54) is 13.2 Å². The minimum absolute atomic E-state index is 0.0102. The Labute approximate surface area is 87.8 Å². The number of benzene rings is 1. The fraction of sp³-hybridized carbons (Fsp3) is 0.125. The molecular weight excluding hydrogens is 262 g/mol. The van der Waals surface area contributed by atoms with Crippen LogP contribution in [0.3, 0.4) is 0 Å². The molecule has 0 saturated heterocycles. The fourth-order valence-corrected chi connectivity index (χ4v) is 1.43. The van der Waals surface area contributed by atoms with Gasteiger partial charge in [-0.2, -0.15) is 0 Å². The summed E-state index contributed by atoms with van der Waals surface area (Å²) in [4.78, 5) is 11.0. The molecule has 5 heteroatoms. The van der Waals surface area contributed by atoms with Crippen molar-refractivity contribution in [2.45, 2.75) is 0 Å². The van der Waals surface area contributed by atoms with Crippen LogP contribution in [-0.2, 0) is 4.74 Å². The molecule has 0 amide bonds. The lowest BCUT2D eigenvalue weighted by atomic mass is 10.2. The van der Waals surface area contributed by atoms with Gasteiger partial charge in [-0.3, -0.25) is 0 Å². The second-order valence-corrected chi connectivity index (χ2v) is 3.47. The highest BCUT2D eigenvalue weighted by Gasteiger charge is 2.14. The van der Waals surface area contributed by atoms with Crippen LogP contribution in [0.2, 0.25) is 5.02 Å². The SMILES string of the molecule is COC(=O)c1cc(F)cc(Br)c1Cl. The first-order valence-electron chi connectivity index (χ1n) is 3.29. The van der Waals surface area contributed by atoms with E-state index in [2.05, 4.69) is 20.7 Å². The zero-order valence-corrected chi connectivity index (χ0v) is 8.95. The second kappa shape index (κ2) is 4.07. The van der Waals surface area contributed by atoms with E-state index in [0.717, 1.165) is 6.07 Å². The van der Waals surface area contributed by atoms with Gasteiger partial charge >= 0.3 is 5.97 Å². The van der Waals surface area contributed by atoms with Gasteiger partial charge in [-0.25, -0.2) is 9.18 Å². The van der Waals surface area contributed by atoms with Gasteiger partial charge in [0.05, 0.1) is 17.7 Å². The Morgan fingerprint density at radius 1 is 1.62 bits per heavy atom. The van der Waals surface area contributed by atoms with Crippen molar-refractivity contribution in [1.29, 1.82) is 0 Å². The number of hydrogen-bond donors (Lipinski definition) is 0. The summed E-state index contributed by atoms with van der Waals surface area (Å²) in [6.45, 7) is 0. The van der Waals surface area contributed by atoms with Crippen molar-refractivity contribution in [3.8, 4) is 0 Å². The molecule has 0 saturated carbocycles. The molecule has 1 rings (SSSR count). The summed E-state index contributed by atoms with van der Waals surface area (Å²) >= 11 is 8.74. The molecule has 0 fully saturated rings. The largest absolute Gasteiger partial charge is 0.465 e. The van der Waals surface area contributed by atoms with E-state index in [0.29, 0.717) is 4.47 Å². The maximum atomic E-state index is 12.8. The predicted molar refractivity (Wildman–Crippen MR) is 50.4 cm³/mol. The first-order valence-corrected chi connectivity index (χ1v) is 4.46. The van der Waals surface area contributed by atoms with Gasteiger partial charge in [-0.15, -0.1) is 0 Å². The number of methoxy groups -OCH3 is 1. The first kappa shape index (κ1) is 10.5. The molecule has 70 valence electrons. The van der Waals surface area contributed by atoms with E-state index >= 15 is 0 Å². The number of esters is 1. The molecule has 0 aliphatic carbocycles. The first-order chi connectivity index (χ1) is 6.06. The summed E-state index contributed by atoms with van der Waals surface area (Å²) < 4.78 is 17.6. The Balaban J connectivity index is 3.28. The van der Waals surface area contributed by atoms with Crippen LogP contribution in [0.4, 0.5) is 4.39 Å². The molecular formula is C8H5BrClFO2. The smallest absolute Gasteiger partial charge is 0.339 e. The van der Waals surface area contributed by atoms with E-state index in [9.17, 15) is 9.18 Å². The molecule has 0 aliphatic heterocycles. The Kier molecular flexibility index (Phi) is 3.27. The van der Waals surface area contributed by atoms with Crippen LogP contribution in [0.25, 0.3) is 0 Å². The summed E-state index contributed by atoms with van der Waals surface area (Å²) in [5, 5.41) is 0.147. The van der Waals surface area contributed by atoms with Gasteiger partial charge in [0.25, 0.3) is 0 Å². The second-order valence-electron chi connectivity index (χ2n) is 2.24. The molecule has 0 aromatic heterocycles. The highest BCUT2D eigenvalue weighted by Crippen LogP contribution is 2.27. The lowest BCUT2D eigenvalue weighted by Gasteiger charge is -2.03. The molecule has 0 unspecified atom stereocenters. The topological polar surface area (TPSA) is 26.3 Å². The van der Waals surface area contributed by atoms with E-state index in [1.807, 2.05) is 0 Å². The van der Waals surface area contributed by atoms with Crippen LogP contribution in [0.5, 0.6) is 0 Å². The minimum Gasteiger partial charge on any atom is -0.465 e. The van der Waals surface area contributed by atoms with Crippen LogP contribution in [0, 0.1) is 5.82 Å². The van der Waals surface area contributed by atoms with Gasteiger partial charge in [0.2, 0.25) is 0 Å². The maximum Gasteiger partial charge on any atom is 0.339 e. The fourth-order valence-electron chi connectivity index (χ4n) is 0.814.